The lowest BCUT2D eigenvalue weighted by Gasteiger charge is -2.33. The first-order chi connectivity index (χ1) is 10.1. The normalized spacial score (nSPS) is 19.4. The van der Waals surface area contributed by atoms with Crippen molar-refractivity contribution < 1.29 is 14.7 Å². The van der Waals surface area contributed by atoms with E-state index in [9.17, 15) is 14.7 Å². The molecule has 0 radical (unpaired) electrons. The third-order valence-corrected chi connectivity index (χ3v) is 3.88. The molecule has 0 bridgehead atoms. The summed E-state index contributed by atoms with van der Waals surface area (Å²) in [6, 6.07) is 9.43. The predicted octanol–water partition coefficient (Wildman–Crippen LogP) is 2.95. The first-order valence-electron chi connectivity index (χ1n) is 7.36. The Morgan fingerprint density at radius 3 is 2.62 bits per heavy atom. The summed E-state index contributed by atoms with van der Waals surface area (Å²) < 4.78 is 0. The molecular formula is C17H21NO3. The molecule has 1 N–H and O–H groups in total. The predicted molar refractivity (Wildman–Crippen MR) is 81.7 cm³/mol. The summed E-state index contributed by atoms with van der Waals surface area (Å²) in [7, 11) is 0. The average Bonchev–Trinajstić information content (AvgIpc) is 2.48. The van der Waals surface area contributed by atoms with Crippen molar-refractivity contribution in [2.75, 3.05) is 6.54 Å². The highest BCUT2D eigenvalue weighted by atomic mass is 16.4. The first-order valence-corrected chi connectivity index (χ1v) is 7.36. The third-order valence-electron chi connectivity index (χ3n) is 3.88. The van der Waals surface area contributed by atoms with Gasteiger partial charge in [0, 0.05) is 18.2 Å². The van der Waals surface area contributed by atoms with Crippen LogP contribution in [0.3, 0.4) is 0 Å². The molecule has 0 aromatic heterocycles. The fourth-order valence-corrected chi connectivity index (χ4v) is 2.67. The van der Waals surface area contributed by atoms with Crippen LogP contribution in [0.1, 0.15) is 38.2 Å². The number of likely N-dealkylation sites (tertiary alicyclic amines) is 1. The zero-order chi connectivity index (χ0) is 15.2. The molecule has 1 amide bonds. The minimum Gasteiger partial charge on any atom is -0.478 e. The molecule has 2 rings (SSSR count). The highest BCUT2D eigenvalue weighted by molar-refractivity contribution is 5.98. The van der Waals surface area contributed by atoms with E-state index in [1.807, 2.05) is 42.2 Å². The van der Waals surface area contributed by atoms with E-state index in [2.05, 4.69) is 0 Å². The fraction of sp³-hybridized carbons (Fsp3) is 0.412. The summed E-state index contributed by atoms with van der Waals surface area (Å²) in [5.41, 5.74) is 0.943. The number of carbonyl (C=O) groups is 2. The second-order valence-electron chi connectivity index (χ2n) is 5.49. The molecule has 1 fully saturated rings. The molecule has 0 saturated carbocycles. The smallest absolute Gasteiger partial charge is 0.332 e. The highest BCUT2D eigenvalue weighted by Gasteiger charge is 2.25. The minimum atomic E-state index is -1.03. The quantitative estimate of drug-likeness (QED) is 0.866. The minimum absolute atomic E-state index is 0.0471. The van der Waals surface area contributed by atoms with Crippen molar-refractivity contribution in [3.8, 4) is 0 Å². The topological polar surface area (TPSA) is 57.6 Å². The van der Waals surface area contributed by atoms with Gasteiger partial charge in [0.1, 0.15) is 0 Å². The van der Waals surface area contributed by atoms with Crippen molar-refractivity contribution in [1.29, 1.82) is 0 Å². The van der Waals surface area contributed by atoms with Gasteiger partial charge in [-0.15, -0.1) is 0 Å². The Balaban J connectivity index is 2.11. The van der Waals surface area contributed by atoms with Crippen molar-refractivity contribution in [3.63, 3.8) is 0 Å². The lowest BCUT2D eigenvalue weighted by molar-refractivity contribution is -0.137. The van der Waals surface area contributed by atoms with Gasteiger partial charge in [-0.2, -0.15) is 0 Å². The molecule has 0 spiro atoms. The number of benzene rings is 1. The SMILES string of the molecule is CC1CCCCN1C(=O)C/C(=C\c1ccccc1)C(=O)O. The molecule has 1 saturated heterocycles. The number of hydrogen-bond donors (Lipinski definition) is 1. The Hall–Kier alpha value is -2.10. The Morgan fingerprint density at radius 2 is 2.00 bits per heavy atom. The maximum absolute atomic E-state index is 12.3. The van der Waals surface area contributed by atoms with E-state index >= 15 is 0 Å². The van der Waals surface area contributed by atoms with E-state index in [0.717, 1.165) is 31.4 Å². The molecule has 1 aliphatic heterocycles. The molecule has 1 aromatic carbocycles. The van der Waals surface area contributed by atoms with Gasteiger partial charge in [0.15, 0.2) is 0 Å². The van der Waals surface area contributed by atoms with Crippen LogP contribution in [0, 0.1) is 0 Å². The maximum atomic E-state index is 12.3. The van der Waals surface area contributed by atoms with Crippen LogP contribution < -0.4 is 0 Å². The number of carboxylic acid groups (broad SMARTS) is 1. The summed E-state index contributed by atoms with van der Waals surface area (Å²) in [5, 5.41) is 9.31. The van der Waals surface area contributed by atoms with Gasteiger partial charge < -0.3 is 10.0 Å². The monoisotopic (exact) mass is 287 g/mol. The second-order valence-corrected chi connectivity index (χ2v) is 5.49. The van der Waals surface area contributed by atoms with Crippen molar-refractivity contribution in [2.24, 2.45) is 0 Å². The van der Waals surface area contributed by atoms with E-state index in [4.69, 9.17) is 0 Å². The third kappa shape index (κ3) is 4.18. The van der Waals surface area contributed by atoms with Gasteiger partial charge in [-0.3, -0.25) is 4.79 Å². The fourth-order valence-electron chi connectivity index (χ4n) is 2.67. The van der Waals surface area contributed by atoms with Crippen molar-refractivity contribution in [2.45, 2.75) is 38.6 Å². The molecule has 4 heteroatoms. The average molecular weight is 287 g/mol. The Bertz CT molecular complexity index is 536. The Labute approximate surface area is 125 Å². The molecule has 112 valence electrons. The van der Waals surface area contributed by atoms with Gasteiger partial charge in [0.25, 0.3) is 0 Å². The van der Waals surface area contributed by atoms with Crippen LogP contribution in [0.4, 0.5) is 0 Å². The summed E-state index contributed by atoms with van der Waals surface area (Å²) >= 11 is 0. The number of piperidine rings is 1. The summed E-state index contributed by atoms with van der Waals surface area (Å²) in [6.45, 7) is 2.76. The van der Waals surface area contributed by atoms with Gasteiger partial charge >= 0.3 is 5.97 Å². The van der Waals surface area contributed by atoms with Crippen molar-refractivity contribution in [3.05, 3.63) is 41.5 Å². The van der Waals surface area contributed by atoms with Gasteiger partial charge in [-0.25, -0.2) is 4.79 Å². The summed E-state index contributed by atoms with van der Waals surface area (Å²) in [4.78, 5) is 25.5. The molecule has 1 unspecified atom stereocenters. The lowest BCUT2D eigenvalue weighted by atomic mass is 10.0. The molecule has 1 aromatic rings. The number of carbonyl (C=O) groups excluding carboxylic acids is 1. The van der Waals surface area contributed by atoms with Crippen LogP contribution in [0.2, 0.25) is 0 Å². The van der Waals surface area contributed by atoms with Crippen LogP contribution >= 0.6 is 0 Å². The van der Waals surface area contributed by atoms with E-state index < -0.39 is 5.97 Å². The van der Waals surface area contributed by atoms with Crippen molar-refractivity contribution >= 4 is 18.0 Å². The maximum Gasteiger partial charge on any atom is 0.332 e. The number of carboxylic acids is 1. The second kappa shape index (κ2) is 7.07. The van der Waals surface area contributed by atoms with Crippen LogP contribution in [-0.4, -0.2) is 34.5 Å². The number of hydrogen-bond acceptors (Lipinski definition) is 2. The van der Waals surface area contributed by atoms with Gasteiger partial charge in [0.2, 0.25) is 5.91 Å². The van der Waals surface area contributed by atoms with Crippen LogP contribution in [-0.2, 0) is 9.59 Å². The molecule has 1 atom stereocenters. The summed E-state index contributed by atoms with van der Waals surface area (Å²) in [6.07, 6.45) is 4.66. The van der Waals surface area contributed by atoms with E-state index in [1.165, 1.54) is 0 Å². The molecule has 1 heterocycles. The molecule has 0 aliphatic carbocycles. The number of nitrogens with zero attached hydrogens (tertiary/aromatic N) is 1. The van der Waals surface area contributed by atoms with Gasteiger partial charge in [0.05, 0.1) is 6.42 Å². The van der Waals surface area contributed by atoms with Crippen LogP contribution in [0.25, 0.3) is 6.08 Å². The zero-order valence-electron chi connectivity index (χ0n) is 12.3. The van der Waals surface area contributed by atoms with Crippen molar-refractivity contribution in [1.82, 2.24) is 4.90 Å². The molecule has 21 heavy (non-hydrogen) atoms. The van der Waals surface area contributed by atoms with Gasteiger partial charge in [-0.05, 0) is 37.8 Å². The van der Waals surface area contributed by atoms with Crippen LogP contribution in [0.5, 0.6) is 0 Å². The zero-order valence-corrected chi connectivity index (χ0v) is 12.3. The van der Waals surface area contributed by atoms with E-state index in [-0.39, 0.29) is 23.9 Å². The van der Waals surface area contributed by atoms with Crippen LogP contribution in [0.15, 0.2) is 35.9 Å². The molecular weight excluding hydrogens is 266 g/mol. The Kier molecular flexibility index (Phi) is 5.14. The number of amides is 1. The number of aliphatic carboxylic acids is 1. The first kappa shape index (κ1) is 15.3. The Morgan fingerprint density at radius 1 is 1.29 bits per heavy atom. The lowest BCUT2D eigenvalue weighted by Crippen LogP contribution is -2.42. The number of rotatable bonds is 4. The largest absolute Gasteiger partial charge is 0.478 e. The van der Waals surface area contributed by atoms with E-state index in [0.29, 0.717) is 0 Å². The highest BCUT2D eigenvalue weighted by Crippen LogP contribution is 2.19. The molecule has 4 nitrogen and oxygen atoms in total. The molecule has 1 aliphatic rings. The van der Waals surface area contributed by atoms with Gasteiger partial charge in [-0.1, -0.05) is 30.3 Å². The standard InChI is InChI=1S/C17H21NO3/c1-13-7-5-6-10-18(13)16(19)12-15(17(20)21)11-14-8-3-2-4-9-14/h2-4,8-9,11,13H,5-7,10,12H2,1H3,(H,20,21)/b15-11+. The van der Waals surface area contributed by atoms with E-state index in [1.54, 1.807) is 6.08 Å². The summed E-state index contributed by atoms with van der Waals surface area (Å²) in [5.74, 6) is -1.12.